The van der Waals surface area contributed by atoms with Crippen LogP contribution in [0.3, 0.4) is 0 Å². The summed E-state index contributed by atoms with van der Waals surface area (Å²) in [6.07, 6.45) is 1.82. The highest BCUT2D eigenvalue weighted by Gasteiger charge is 2.08. The number of hydrogen-bond acceptors (Lipinski definition) is 2. The van der Waals surface area contributed by atoms with Gasteiger partial charge in [-0.3, -0.25) is 0 Å². The summed E-state index contributed by atoms with van der Waals surface area (Å²) in [4.78, 5) is 6.60. The van der Waals surface area contributed by atoms with Crippen LogP contribution in [-0.4, -0.2) is 24.3 Å². The number of aryl methyl sites for hydroxylation is 2. The third-order valence-corrected chi connectivity index (χ3v) is 3.73. The minimum Gasteiger partial charge on any atom is -0.457 e. The molecule has 0 aliphatic rings. The molecule has 2 aromatic rings. The van der Waals surface area contributed by atoms with E-state index in [0.29, 0.717) is 5.75 Å². The first-order valence-electron chi connectivity index (χ1n) is 7.96. The predicted octanol–water partition coefficient (Wildman–Crippen LogP) is 5.38. The van der Waals surface area contributed by atoms with Crippen molar-refractivity contribution >= 4 is 12.0 Å². The molecule has 0 amide bonds. The van der Waals surface area contributed by atoms with E-state index in [2.05, 4.69) is 23.7 Å². The molecule has 0 saturated heterocycles. The second kappa shape index (κ2) is 7.90. The first kappa shape index (κ1) is 17.9. The van der Waals surface area contributed by atoms with E-state index in [0.717, 1.165) is 48.1 Å². The Morgan fingerprint density at radius 2 is 1.58 bits per heavy atom. The smallest absolute Gasteiger partial charge is 0.133 e. The molecule has 2 rings (SSSR count). The molecule has 0 bridgehead atoms. The summed E-state index contributed by atoms with van der Waals surface area (Å²) < 4.78 is 32.2. The molecule has 0 radical (unpaired) electrons. The van der Waals surface area contributed by atoms with Crippen LogP contribution in [0, 0.1) is 25.5 Å². The summed E-state index contributed by atoms with van der Waals surface area (Å²) in [6, 6.07) is 6.86. The highest BCUT2D eigenvalue weighted by molar-refractivity contribution is 5.65. The minimum absolute atomic E-state index is 0.134. The van der Waals surface area contributed by atoms with Crippen LogP contribution in [-0.2, 0) is 0 Å². The molecular formula is C19H22F2N2O. The summed E-state index contributed by atoms with van der Waals surface area (Å²) >= 11 is 0. The van der Waals surface area contributed by atoms with Crippen molar-refractivity contribution in [2.24, 2.45) is 4.99 Å². The second-order valence-electron chi connectivity index (χ2n) is 5.58. The average molecular weight is 332 g/mol. The lowest BCUT2D eigenvalue weighted by atomic mass is 10.1. The number of rotatable bonds is 6. The van der Waals surface area contributed by atoms with Crippen LogP contribution < -0.4 is 4.74 Å². The zero-order valence-electron chi connectivity index (χ0n) is 14.4. The van der Waals surface area contributed by atoms with Crippen molar-refractivity contribution in [2.45, 2.75) is 27.7 Å². The first-order chi connectivity index (χ1) is 11.4. The van der Waals surface area contributed by atoms with E-state index in [4.69, 9.17) is 4.74 Å². The predicted molar refractivity (Wildman–Crippen MR) is 93.4 cm³/mol. The van der Waals surface area contributed by atoms with Crippen LogP contribution in [0.5, 0.6) is 11.5 Å². The molecule has 0 spiro atoms. The van der Waals surface area contributed by atoms with Crippen molar-refractivity contribution in [1.29, 1.82) is 0 Å². The molecule has 0 aliphatic carbocycles. The number of nitrogens with zero attached hydrogens (tertiary/aromatic N) is 2. The van der Waals surface area contributed by atoms with Crippen LogP contribution in [0.25, 0.3) is 0 Å². The molecule has 0 fully saturated rings. The van der Waals surface area contributed by atoms with Gasteiger partial charge in [0.2, 0.25) is 0 Å². The van der Waals surface area contributed by atoms with Crippen molar-refractivity contribution in [3.8, 4) is 11.5 Å². The van der Waals surface area contributed by atoms with E-state index in [9.17, 15) is 8.78 Å². The Morgan fingerprint density at radius 3 is 2.17 bits per heavy atom. The van der Waals surface area contributed by atoms with Crippen LogP contribution in [0.2, 0.25) is 0 Å². The van der Waals surface area contributed by atoms with Crippen LogP contribution in [0.4, 0.5) is 14.5 Å². The monoisotopic (exact) mass is 332 g/mol. The molecule has 0 unspecified atom stereocenters. The van der Waals surface area contributed by atoms with Crippen LogP contribution >= 0.6 is 0 Å². The average Bonchev–Trinajstić information content (AvgIpc) is 2.51. The van der Waals surface area contributed by atoms with Gasteiger partial charge in [-0.15, -0.1) is 0 Å². The Balaban J connectivity index is 2.26. The first-order valence-corrected chi connectivity index (χ1v) is 7.96. The molecular weight excluding hydrogens is 310 g/mol. The number of ether oxygens (including phenoxy) is 1. The van der Waals surface area contributed by atoms with Crippen LogP contribution in [0.1, 0.15) is 25.0 Å². The van der Waals surface area contributed by atoms with Gasteiger partial charge in [0.05, 0.1) is 12.0 Å². The van der Waals surface area contributed by atoms with Gasteiger partial charge in [0.1, 0.15) is 23.1 Å². The fourth-order valence-corrected chi connectivity index (χ4v) is 2.27. The zero-order valence-corrected chi connectivity index (χ0v) is 14.4. The number of hydrogen-bond donors (Lipinski definition) is 0. The molecule has 0 atom stereocenters. The van der Waals surface area contributed by atoms with Crippen molar-refractivity contribution in [3.63, 3.8) is 0 Å². The lowest BCUT2D eigenvalue weighted by molar-refractivity contribution is 0.465. The van der Waals surface area contributed by atoms with Gasteiger partial charge < -0.3 is 9.64 Å². The fourth-order valence-electron chi connectivity index (χ4n) is 2.27. The SMILES string of the molecule is CCN(C=Nc1cc(C)c(Oc2cc(F)cc(F)c2)cc1C)CC. The maximum atomic E-state index is 13.3. The van der Waals surface area contributed by atoms with Gasteiger partial charge in [-0.05, 0) is 51.0 Å². The lowest BCUT2D eigenvalue weighted by Crippen LogP contribution is -2.20. The van der Waals surface area contributed by atoms with E-state index in [-0.39, 0.29) is 5.75 Å². The van der Waals surface area contributed by atoms with Crippen molar-refractivity contribution in [1.82, 2.24) is 4.90 Å². The molecule has 0 saturated carbocycles. The fraction of sp³-hybridized carbons (Fsp3) is 0.316. The molecule has 2 aromatic carbocycles. The van der Waals surface area contributed by atoms with E-state index in [1.807, 2.05) is 32.3 Å². The zero-order chi connectivity index (χ0) is 17.7. The molecule has 3 nitrogen and oxygen atoms in total. The normalized spacial score (nSPS) is 11.1. The van der Waals surface area contributed by atoms with Gasteiger partial charge in [-0.2, -0.15) is 0 Å². The summed E-state index contributed by atoms with van der Waals surface area (Å²) in [5.74, 6) is -0.645. The van der Waals surface area contributed by atoms with Gasteiger partial charge in [0, 0.05) is 31.3 Å². The van der Waals surface area contributed by atoms with E-state index in [1.165, 1.54) is 0 Å². The van der Waals surface area contributed by atoms with Crippen molar-refractivity contribution in [3.05, 3.63) is 53.1 Å². The second-order valence-corrected chi connectivity index (χ2v) is 5.58. The van der Waals surface area contributed by atoms with Crippen molar-refractivity contribution < 1.29 is 13.5 Å². The van der Waals surface area contributed by atoms with E-state index >= 15 is 0 Å². The Kier molecular flexibility index (Phi) is 5.90. The number of aliphatic imine (C=N–C) groups is 1. The van der Waals surface area contributed by atoms with Gasteiger partial charge >= 0.3 is 0 Å². The molecule has 0 aromatic heterocycles. The Bertz CT molecular complexity index is 720. The maximum Gasteiger partial charge on any atom is 0.133 e. The van der Waals surface area contributed by atoms with Gasteiger partial charge in [-0.1, -0.05) is 0 Å². The Morgan fingerprint density at radius 1 is 0.958 bits per heavy atom. The third-order valence-electron chi connectivity index (χ3n) is 3.73. The molecule has 24 heavy (non-hydrogen) atoms. The molecule has 0 heterocycles. The van der Waals surface area contributed by atoms with Gasteiger partial charge in [0.25, 0.3) is 0 Å². The summed E-state index contributed by atoms with van der Waals surface area (Å²) in [7, 11) is 0. The minimum atomic E-state index is -0.667. The number of benzene rings is 2. The quantitative estimate of drug-likeness (QED) is 0.524. The molecule has 128 valence electrons. The molecule has 0 N–H and O–H groups in total. The van der Waals surface area contributed by atoms with Crippen LogP contribution in [0.15, 0.2) is 35.3 Å². The van der Waals surface area contributed by atoms with E-state index in [1.54, 1.807) is 0 Å². The summed E-state index contributed by atoms with van der Waals surface area (Å²) in [6.45, 7) is 9.73. The molecule has 5 heteroatoms. The van der Waals surface area contributed by atoms with Gasteiger partial charge in [-0.25, -0.2) is 13.8 Å². The topological polar surface area (TPSA) is 24.8 Å². The van der Waals surface area contributed by atoms with E-state index < -0.39 is 11.6 Å². The van der Waals surface area contributed by atoms with Crippen molar-refractivity contribution in [2.75, 3.05) is 13.1 Å². The maximum absolute atomic E-state index is 13.3. The van der Waals surface area contributed by atoms with Gasteiger partial charge in [0.15, 0.2) is 0 Å². The molecule has 0 aliphatic heterocycles. The lowest BCUT2D eigenvalue weighted by Gasteiger charge is -2.15. The largest absolute Gasteiger partial charge is 0.457 e. The Labute approximate surface area is 141 Å². The number of halogens is 2. The Hall–Kier alpha value is -2.43. The standard InChI is InChI=1S/C19H22F2N2O/c1-5-23(6-2)12-22-18-7-14(4)19(8-13(18)3)24-17-10-15(20)9-16(21)11-17/h7-12H,5-6H2,1-4H3. The summed E-state index contributed by atoms with van der Waals surface area (Å²) in [5, 5.41) is 0. The third kappa shape index (κ3) is 4.54. The highest BCUT2D eigenvalue weighted by Crippen LogP contribution is 2.32. The summed E-state index contributed by atoms with van der Waals surface area (Å²) in [5.41, 5.74) is 2.62. The highest BCUT2D eigenvalue weighted by atomic mass is 19.1.